The lowest BCUT2D eigenvalue weighted by Crippen LogP contribution is -2.49. The molecule has 1 aliphatic heterocycles. The predicted molar refractivity (Wildman–Crippen MR) is 114 cm³/mol. The maximum atomic E-state index is 13.9. The number of hydrogen-bond donors (Lipinski definition) is 1. The number of amides is 2. The van der Waals surface area contributed by atoms with Gasteiger partial charge in [0.1, 0.15) is 5.82 Å². The van der Waals surface area contributed by atoms with Crippen LogP contribution in [0.2, 0.25) is 5.02 Å². The van der Waals surface area contributed by atoms with Crippen LogP contribution < -0.4 is 10.2 Å². The molecule has 1 heterocycles. The number of anilines is 2. The largest absolute Gasteiger partial charge is 0.367 e. The summed E-state index contributed by atoms with van der Waals surface area (Å²) in [5.74, 6) is -0.883. The molecule has 0 aliphatic carbocycles. The van der Waals surface area contributed by atoms with Crippen LogP contribution in [0, 0.1) is 11.2 Å². The number of piperazine rings is 1. The highest BCUT2D eigenvalue weighted by atomic mass is 35.5. The highest BCUT2D eigenvalue weighted by Crippen LogP contribution is 2.30. The van der Waals surface area contributed by atoms with Gasteiger partial charge in [0.25, 0.3) is 5.91 Å². The molecular formula is C22H25ClFN3O2. The van der Waals surface area contributed by atoms with E-state index in [1.807, 2.05) is 32.9 Å². The van der Waals surface area contributed by atoms with Crippen molar-refractivity contribution in [2.75, 3.05) is 36.4 Å². The Morgan fingerprint density at radius 1 is 1.03 bits per heavy atom. The van der Waals surface area contributed by atoms with Crippen molar-refractivity contribution in [2.45, 2.75) is 20.8 Å². The minimum atomic E-state index is -0.504. The lowest BCUT2D eigenvalue weighted by Gasteiger charge is -2.36. The van der Waals surface area contributed by atoms with Crippen molar-refractivity contribution in [3.63, 3.8) is 0 Å². The summed E-state index contributed by atoms with van der Waals surface area (Å²) in [5.41, 5.74) is 1.09. The molecule has 3 rings (SSSR count). The van der Waals surface area contributed by atoms with Crippen LogP contribution in [0.1, 0.15) is 31.1 Å². The van der Waals surface area contributed by atoms with Gasteiger partial charge in [-0.1, -0.05) is 44.5 Å². The molecule has 29 heavy (non-hydrogen) atoms. The lowest BCUT2D eigenvalue weighted by atomic mass is 9.95. The molecule has 5 nitrogen and oxygen atoms in total. The van der Waals surface area contributed by atoms with Crippen LogP contribution in [0.15, 0.2) is 42.5 Å². The van der Waals surface area contributed by atoms with Gasteiger partial charge in [0.15, 0.2) is 0 Å². The van der Waals surface area contributed by atoms with E-state index in [1.165, 1.54) is 12.1 Å². The summed E-state index contributed by atoms with van der Waals surface area (Å²) in [6.07, 6.45) is 0. The Balaban J connectivity index is 1.64. The van der Waals surface area contributed by atoms with E-state index in [0.717, 1.165) is 5.69 Å². The normalized spacial score (nSPS) is 14.7. The maximum absolute atomic E-state index is 13.9. The van der Waals surface area contributed by atoms with Crippen LogP contribution in [0.4, 0.5) is 15.8 Å². The Kier molecular flexibility index (Phi) is 6.13. The van der Waals surface area contributed by atoms with E-state index >= 15 is 0 Å². The summed E-state index contributed by atoms with van der Waals surface area (Å²) in [4.78, 5) is 28.4. The van der Waals surface area contributed by atoms with Gasteiger partial charge in [0.2, 0.25) is 5.91 Å². The Bertz CT molecular complexity index is 919. The number of hydrogen-bond acceptors (Lipinski definition) is 3. The van der Waals surface area contributed by atoms with Crippen LogP contribution in [0.5, 0.6) is 0 Å². The first-order valence-electron chi connectivity index (χ1n) is 9.56. The quantitative estimate of drug-likeness (QED) is 0.803. The summed E-state index contributed by atoms with van der Waals surface area (Å²) in [6.45, 7) is 7.68. The van der Waals surface area contributed by atoms with Crippen molar-refractivity contribution in [1.29, 1.82) is 0 Å². The van der Waals surface area contributed by atoms with Gasteiger partial charge in [-0.3, -0.25) is 9.59 Å². The van der Waals surface area contributed by atoms with Crippen molar-refractivity contribution in [3.8, 4) is 0 Å². The third kappa shape index (κ3) is 4.88. The summed E-state index contributed by atoms with van der Waals surface area (Å²) >= 11 is 6.45. The van der Waals surface area contributed by atoms with E-state index < -0.39 is 11.2 Å². The molecule has 2 aromatic rings. The first kappa shape index (κ1) is 21.1. The highest BCUT2D eigenvalue weighted by Gasteiger charge is 2.25. The zero-order chi connectivity index (χ0) is 21.2. The summed E-state index contributed by atoms with van der Waals surface area (Å²) < 4.78 is 13.9. The monoisotopic (exact) mass is 417 g/mol. The van der Waals surface area contributed by atoms with E-state index in [1.54, 1.807) is 23.1 Å². The molecule has 1 aliphatic rings. The van der Waals surface area contributed by atoms with Gasteiger partial charge in [-0.05, 0) is 30.3 Å². The zero-order valence-corrected chi connectivity index (χ0v) is 17.6. The minimum Gasteiger partial charge on any atom is -0.367 e. The average molecular weight is 418 g/mol. The standard InChI is InChI=1S/C22H25ClFN3O2/c1-22(2,3)21(29)25-15-8-9-19(17(23)14-15)26-10-12-27(13-11-26)20(28)16-6-4-5-7-18(16)24/h4-9,14H,10-13H2,1-3H3,(H,25,29). The third-order valence-electron chi connectivity index (χ3n) is 4.90. The van der Waals surface area contributed by atoms with E-state index in [4.69, 9.17) is 11.6 Å². The Morgan fingerprint density at radius 3 is 2.28 bits per heavy atom. The Morgan fingerprint density at radius 2 is 1.69 bits per heavy atom. The number of benzene rings is 2. The second-order valence-corrected chi connectivity index (χ2v) is 8.54. The molecule has 0 saturated carbocycles. The second kappa shape index (κ2) is 8.41. The van der Waals surface area contributed by atoms with Crippen molar-refractivity contribution in [2.24, 2.45) is 5.41 Å². The lowest BCUT2D eigenvalue weighted by molar-refractivity contribution is -0.123. The fourth-order valence-electron chi connectivity index (χ4n) is 3.12. The summed E-state index contributed by atoms with van der Waals surface area (Å²) in [7, 11) is 0. The number of carbonyl (C=O) groups excluding carboxylic acids is 2. The molecule has 2 amide bonds. The minimum absolute atomic E-state index is 0.0819. The first-order chi connectivity index (χ1) is 13.7. The van der Waals surface area contributed by atoms with E-state index in [2.05, 4.69) is 10.2 Å². The Labute approximate surface area is 175 Å². The molecular weight excluding hydrogens is 393 g/mol. The molecule has 7 heteroatoms. The van der Waals surface area contributed by atoms with Crippen molar-refractivity contribution in [1.82, 2.24) is 4.90 Å². The number of nitrogens with zero attached hydrogens (tertiary/aromatic N) is 2. The molecule has 2 aromatic carbocycles. The van der Waals surface area contributed by atoms with Crippen LogP contribution in [0.3, 0.4) is 0 Å². The van der Waals surface area contributed by atoms with Crippen molar-refractivity contribution < 1.29 is 14.0 Å². The predicted octanol–water partition coefficient (Wildman–Crippen LogP) is 4.43. The first-order valence-corrected chi connectivity index (χ1v) is 9.94. The van der Waals surface area contributed by atoms with Crippen LogP contribution >= 0.6 is 11.6 Å². The summed E-state index contributed by atoms with van der Waals surface area (Å²) in [5, 5.41) is 3.40. The van der Waals surface area contributed by atoms with E-state index in [9.17, 15) is 14.0 Å². The van der Waals surface area contributed by atoms with E-state index in [0.29, 0.717) is 36.9 Å². The molecule has 0 aromatic heterocycles. The molecule has 0 atom stereocenters. The zero-order valence-electron chi connectivity index (χ0n) is 16.8. The molecule has 1 fully saturated rings. The fraction of sp³-hybridized carbons (Fsp3) is 0.364. The summed E-state index contributed by atoms with van der Waals surface area (Å²) in [6, 6.07) is 11.5. The molecule has 0 radical (unpaired) electrons. The SMILES string of the molecule is CC(C)(C)C(=O)Nc1ccc(N2CCN(C(=O)c3ccccc3F)CC2)c(Cl)c1. The number of nitrogens with one attached hydrogen (secondary N) is 1. The molecule has 0 unspecified atom stereocenters. The van der Waals surface area contributed by atoms with Crippen LogP contribution in [0.25, 0.3) is 0 Å². The topological polar surface area (TPSA) is 52.7 Å². The Hall–Kier alpha value is -2.60. The van der Waals surface area contributed by atoms with Gasteiger partial charge in [-0.2, -0.15) is 0 Å². The van der Waals surface area contributed by atoms with E-state index in [-0.39, 0.29) is 17.4 Å². The smallest absolute Gasteiger partial charge is 0.256 e. The number of carbonyl (C=O) groups is 2. The van der Waals surface area contributed by atoms with Gasteiger partial charge in [0, 0.05) is 37.3 Å². The van der Waals surface area contributed by atoms with Gasteiger partial charge in [-0.15, -0.1) is 0 Å². The maximum Gasteiger partial charge on any atom is 0.256 e. The van der Waals surface area contributed by atoms with Crippen LogP contribution in [-0.2, 0) is 4.79 Å². The van der Waals surface area contributed by atoms with Gasteiger partial charge in [0.05, 0.1) is 16.3 Å². The highest BCUT2D eigenvalue weighted by molar-refractivity contribution is 6.33. The van der Waals surface area contributed by atoms with Gasteiger partial charge >= 0.3 is 0 Å². The van der Waals surface area contributed by atoms with Crippen molar-refractivity contribution >= 4 is 34.8 Å². The molecule has 1 saturated heterocycles. The van der Waals surface area contributed by atoms with Crippen molar-refractivity contribution in [3.05, 3.63) is 58.9 Å². The van der Waals surface area contributed by atoms with Gasteiger partial charge in [-0.25, -0.2) is 4.39 Å². The molecule has 154 valence electrons. The molecule has 0 bridgehead atoms. The third-order valence-corrected chi connectivity index (χ3v) is 5.20. The number of rotatable bonds is 3. The fourth-order valence-corrected chi connectivity index (χ4v) is 3.42. The second-order valence-electron chi connectivity index (χ2n) is 8.13. The average Bonchev–Trinajstić information content (AvgIpc) is 2.67. The molecule has 1 N–H and O–H groups in total. The van der Waals surface area contributed by atoms with Crippen LogP contribution in [-0.4, -0.2) is 42.9 Å². The van der Waals surface area contributed by atoms with Gasteiger partial charge < -0.3 is 15.1 Å². The molecule has 0 spiro atoms. The number of halogens is 2.